The lowest BCUT2D eigenvalue weighted by molar-refractivity contribution is -0.384. The molecule has 0 amide bonds. The van der Waals surface area contributed by atoms with Gasteiger partial charge in [-0.2, -0.15) is 0 Å². The van der Waals surface area contributed by atoms with Crippen molar-refractivity contribution < 1.29 is 14.1 Å². The minimum absolute atomic E-state index is 0.0541. The second kappa shape index (κ2) is 5.94. The lowest BCUT2D eigenvalue weighted by atomic mass is 10.2. The summed E-state index contributed by atoms with van der Waals surface area (Å²) in [5.41, 5.74) is 0.0485. The number of nitro groups is 1. The summed E-state index contributed by atoms with van der Waals surface area (Å²) in [5, 5.41) is 13.7. The lowest BCUT2D eigenvalue weighted by Crippen LogP contribution is -2.43. The van der Waals surface area contributed by atoms with Gasteiger partial charge in [-0.3, -0.25) is 10.1 Å². The molecule has 0 radical (unpaired) electrons. The van der Waals surface area contributed by atoms with Gasteiger partial charge >= 0.3 is 0 Å². The highest BCUT2D eigenvalue weighted by Gasteiger charge is 2.20. The number of halogens is 1. The maximum absolute atomic E-state index is 13.1. The van der Waals surface area contributed by atoms with Crippen LogP contribution < -0.4 is 5.32 Å². The van der Waals surface area contributed by atoms with Crippen LogP contribution in [0.5, 0.6) is 0 Å². The summed E-state index contributed by atoms with van der Waals surface area (Å²) < 4.78 is 18.7. The van der Waals surface area contributed by atoms with Gasteiger partial charge < -0.3 is 15.0 Å². The molecule has 1 atom stereocenters. The number of hydrogen-bond donors (Lipinski definition) is 1. The first-order chi connectivity index (χ1) is 9.06. The quantitative estimate of drug-likeness (QED) is 0.662. The van der Waals surface area contributed by atoms with Gasteiger partial charge in [0.05, 0.1) is 17.6 Å². The standard InChI is InChI=1S/C12H16FN3O3/c1-15-4-5-19-10(8-15)7-14-11-6-9(13)2-3-12(11)16(17)18/h2-3,6,10,14H,4-5,7-8H2,1H3. The first-order valence-electron chi connectivity index (χ1n) is 6.04. The molecule has 104 valence electrons. The first kappa shape index (κ1) is 13.7. The van der Waals surface area contributed by atoms with Gasteiger partial charge in [0.2, 0.25) is 0 Å². The third-order valence-electron chi connectivity index (χ3n) is 3.02. The van der Waals surface area contributed by atoms with Crippen LogP contribution in [0.2, 0.25) is 0 Å². The normalized spacial score (nSPS) is 20.2. The Morgan fingerprint density at radius 2 is 2.42 bits per heavy atom. The van der Waals surface area contributed by atoms with Gasteiger partial charge in [0.1, 0.15) is 11.5 Å². The van der Waals surface area contributed by atoms with Crippen LogP contribution in [0.15, 0.2) is 18.2 Å². The number of nitrogens with zero attached hydrogens (tertiary/aromatic N) is 2. The predicted octanol–water partition coefficient (Wildman–Crippen LogP) is 1.48. The van der Waals surface area contributed by atoms with Crippen LogP contribution in [0.4, 0.5) is 15.8 Å². The van der Waals surface area contributed by atoms with Crippen molar-refractivity contribution in [3.63, 3.8) is 0 Å². The molecular formula is C12H16FN3O3. The molecule has 0 saturated carbocycles. The van der Waals surface area contributed by atoms with Crippen LogP contribution in [0.1, 0.15) is 0 Å². The van der Waals surface area contributed by atoms with Gasteiger partial charge in [0.15, 0.2) is 0 Å². The zero-order chi connectivity index (χ0) is 13.8. The second-order valence-corrected chi connectivity index (χ2v) is 4.55. The largest absolute Gasteiger partial charge is 0.377 e. The van der Waals surface area contributed by atoms with Crippen molar-refractivity contribution >= 4 is 11.4 Å². The summed E-state index contributed by atoms with van der Waals surface area (Å²) >= 11 is 0. The molecule has 0 aromatic heterocycles. The highest BCUT2D eigenvalue weighted by molar-refractivity contribution is 5.61. The van der Waals surface area contributed by atoms with Gasteiger partial charge in [0, 0.05) is 31.8 Å². The molecule has 7 heteroatoms. The number of ether oxygens (including phenoxy) is 1. The summed E-state index contributed by atoms with van der Waals surface area (Å²) in [6, 6.07) is 3.37. The average Bonchev–Trinajstić information content (AvgIpc) is 2.36. The Hall–Kier alpha value is -1.73. The van der Waals surface area contributed by atoms with E-state index in [1.54, 1.807) is 0 Å². The molecule has 2 rings (SSSR count). The molecule has 1 fully saturated rings. The number of nitrogens with one attached hydrogen (secondary N) is 1. The van der Waals surface area contributed by atoms with Crippen molar-refractivity contribution in [2.45, 2.75) is 6.10 Å². The molecule has 1 aromatic rings. The van der Waals surface area contributed by atoms with E-state index in [1.807, 2.05) is 7.05 Å². The first-order valence-corrected chi connectivity index (χ1v) is 6.04. The molecule has 1 N–H and O–H groups in total. The number of morpholine rings is 1. The van der Waals surface area contributed by atoms with E-state index in [9.17, 15) is 14.5 Å². The Morgan fingerprint density at radius 3 is 3.11 bits per heavy atom. The van der Waals surface area contributed by atoms with Gasteiger partial charge in [-0.15, -0.1) is 0 Å². The van der Waals surface area contributed by atoms with Crippen LogP contribution >= 0.6 is 0 Å². The van der Waals surface area contributed by atoms with Crippen molar-refractivity contribution in [1.82, 2.24) is 4.90 Å². The minimum Gasteiger partial charge on any atom is -0.377 e. The Kier molecular flexibility index (Phi) is 4.28. The van der Waals surface area contributed by atoms with Gasteiger partial charge in [-0.05, 0) is 13.1 Å². The molecule has 1 saturated heterocycles. The van der Waals surface area contributed by atoms with Crippen molar-refractivity contribution in [2.75, 3.05) is 38.6 Å². The average molecular weight is 269 g/mol. The topological polar surface area (TPSA) is 67.6 Å². The molecule has 19 heavy (non-hydrogen) atoms. The van der Waals surface area contributed by atoms with Crippen molar-refractivity contribution in [2.24, 2.45) is 0 Å². The summed E-state index contributed by atoms with van der Waals surface area (Å²) in [4.78, 5) is 12.4. The molecule has 1 heterocycles. The highest BCUT2D eigenvalue weighted by atomic mass is 19.1. The second-order valence-electron chi connectivity index (χ2n) is 4.55. The molecule has 1 unspecified atom stereocenters. The number of likely N-dealkylation sites (N-methyl/N-ethyl adjacent to an activating group) is 1. The molecular weight excluding hydrogens is 253 g/mol. The fourth-order valence-corrected chi connectivity index (χ4v) is 2.02. The van der Waals surface area contributed by atoms with E-state index in [4.69, 9.17) is 4.74 Å². The van der Waals surface area contributed by atoms with Crippen molar-refractivity contribution in [1.29, 1.82) is 0 Å². The summed E-state index contributed by atoms with van der Waals surface area (Å²) in [6.45, 7) is 2.66. The fourth-order valence-electron chi connectivity index (χ4n) is 2.02. The Labute approximate surface area is 110 Å². The molecule has 1 aromatic carbocycles. The van der Waals surface area contributed by atoms with Crippen LogP contribution in [0.3, 0.4) is 0 Å². The van der Waals surface area contributed by atoms with Crippen LogP contribution in [-0.4, -0.2) is 49.2 Å². The van der Waals surface area contributed by atoms with E-state index < -0.39 is 10.7 Å². The summed E-state index contributed by atoms with van der Waals surface area (Å²) in [7, 11) is 1.99. The fraction of sp³-hybridized carbons (Fsp3) is 0.500. The molecule has 0 spiro atoms. The van der Waals surface area contributed by atoms with Crippen LogP contribution in [-0.2, 0) is 4.74 Å². The van der Waals surface area contributed by atoms with Crippen molar-refractivity contribution in [3.8, 4) is 0 Å². The van der Waals surface area contributed by atoms with E-state index in [0.29, 0.717) is 13.2 Å². The Bertz CT molecular complexity index is 470. The minimum atomic E-state index is -0.532. The number of hydrogen-bond acceptors (Lipinski definition) is 5. The monoisotopic (exact) mass is 269 g/mol. The Morgan fingerprint density at radius 1 is 1.63 bits per heavy atom. The van der Waals surface area contributed by atoms with Gasteiger partial charge in [-0.25, -0.2) is 4.39 Å². The Balaban J connectivity index is 2.02. The van der Waals surface area contributed by atoms with Gasteiger partial charge in [0.25, 0.3) is 5.69 Å². The lowest BCUT2D eigenvalue weighted by Gasteiger charge is -2.30. The molecule has 1 aliphatic heterocycles. The SMILES string of the molecule is CN1CCOC(CNc2cc(F)ccc2[N+](=O)[O-])C1. The number of rotatable bonds is 4. The molecule has 1 aliphatic rings. The molecule has 0 aliphatic carbocycles. The van der Waals surface area contributed by atoms with E-state index >= 15 is 0 Å². The van der Waals surface area contributed by atoms with E-state index in [0.717, 1.165) is 31.3 Å². The highest BCUT2D eigenvalue weighted by Crippen LogP contribution is 2.25. The van der Waals surface area contributed by atoms with E-state index in [2.05, 4.69) is 10.2 Å². The summed E-state index contributed by atoms with van der Waals surface area (Å²) in [5.74, 6) is -0.505. The molecule has 0 bridgehead atoms. The smallest absolute Gasteiger partial charge is 0.292 e. The number of benzene rings is 1. The predicted molar refractivity (Wildman–Crippen MR) is 68.8 cm³/mol. The summed E-state index contributed by atoms with van der Waals surface area (Å²) in [6.07, 6.45) is -0.0541. The maximum Gasteiger partial charge on any atom is 0.292 e. The number of nitro benzene ring substituents is 1. The van der Waals surface area contributed by atoms with E-state index in [1.165, 1.54) is 0 Å². The third-order valence-corrected chi connectivity index (χ3v) is 3.02. The maximum atomic E-state index is 13.1. The van der Waals surface area contributed by atoms with E-state index in [-0.39, 0.29) is 17.5 Å². The zero-order valence-electron chi connectivity index (χ0n) is 10.6. The molecule has 6 nitrogen and oxygen atoms in total. The van der Waals surface area contributed by atoms with Crippen LogP contribution in [0, 0.1) is 15.9 Å². The van der Waals surface area contributed by atoms with Crippen molar-refractivity contribution in [3.05, 3.63) is 34.1 Å². The van der Waals surface area contributed by atoms with Crippen LogP contribution in [0.25, 0.3) is 0 Å². The third kappa shape index (κ3) is 3.62. The zero-order valence-corrected chi connectivity index (χ0v) is 10.6. The number of anilines is 1. The van der Waals surface area contributed by atoms with Gasteiger partial charge in [-0.1, -0.05) is 0 Å².